The molecule has 26 heavy (non-hydrogen) atoms. The van der Waals surface area contributed by atoms with E-state index >= 15 is 0 Å². The molecule has 0 saturated carbocycles. The molecule has 0 aliphatic carbocycles. The Morgan fingerprint density at radius 1 is 1.38 bits per heavy atom. The van der Waals surface area contributed by atoms with Gasteiger partial charge in [0.25, 0.3) is 0 Å². The summed E-state index contributed by atoms with van der Waals surface area (Å²) in [5.74, 6) is -0.857. The number of nitrogens with zero attached hydrogens (tertiary/aromatic N) is 3. The zero-order chi connectivity index (χ0) is 18.9. The van der Waals surface area contributed by atoms with Gasteiger partial charge in [0.05, 0.1) is 11.3 Å². The fraction of sp³-hybridized carbons (Fsp3) is 0.471. The summed E-state index contributed by atoms with van der Waals surface area (Å²) in [6.07, 6.45) is 2.25. The fourth-order valence-electron chi connectivity index (χ4n) is 2.87. The van der Waals surface area contributed by atoms with Gasteiger partial charge in [-0.15, -0.1) is 0 Å². The van der Waals surface area contributed by atoms with Gasteiger partial charge in [0.2, 0.25) is 0 Å². The Labute approximate surface area is 152 Å². The van der Waals surface area contributed by atoms with E-state index in [0.29, 0.717) is 6.61 Å². The minimum atomic E-state index is -1.21. The monoisotopic (exact) mass is 378 g/mol. The Morgan fingerprint density at radius 3 is 2.85 bits per heavy atom. The summed E-state index contributed by atoms with van der Waals surface area (Å²) in [5, 5.41) is 18.4. The number of nitro groups is 1. The zero-order valence-electron chi connectivity index (χ0n) is 15.2. The second-order valence-corrected chi connectivity index (χ2v) is 13.3. The largest absolute Gasteiger partial charge is 0.398 e. The second-order valence-electron chi connectivity index (χ2n) is 7.68. The molecule has 2 aromatic rings. The number of hydrogen-bond donors (Lipinski definition) is 1. The first-order valence-electron chi connectivity index (χ1n) is 8.61. The first kappa shape index (κ1) is 18.5. The number of hydrogen-bond acceptors (Lipinski definition) is 5. The highest BCUT2D eigenvalue weighted by Crippen LogP contribution is 2.35. The van der Waals surface area contributed by atoms with Crippen molar-refractivity contribution in [2.75, 3.05) is 18.5 Å². The maximum absolute atomic E-state index is 14.5. The van der Waals surface area contributed by atoms with Crippen molar-refractivity contribution in [3.63, 3.8) is 0 Å². The van der Waals surface area contributed by atoms with E-state index in [4.69, 9.17) is 4.74 Å². The van der Waals surface area contributed by atoms with Crippen LogP contribution in [0.2, 0.25) is 25.7 Å². The van der Waals surface area contributed by atoms with E-state index in [-0.39, 0.29) is 23.7 Å². The van der Waals surface area contributed by atoms with E-state index in [1.807, 2.05) is 0 Å². The molecule has 140 valence electrons. The first-order chi connectivity index (χ1) is 12.2. The maximum atomic E-state index is 14.5. The van der Waals surface area contributed by atoms with Gasteiger partial charge >= 0.3 is 5.82 Å². The molecule has 1 aliphatic rings. The number of benzene rings is 1. The van der Waals surface area contributed by atoms with Crippen LogP contribution < -0.4 is 5.32 Å². The van der Waals surface area contributed by atoms with Gasteiger partial charge in [-0.05, 0) is 35.1 Å². The number of halogens is 1. The second kappa shape index (κ2) is 7.16. The van der Waals surface area contributed by atoms with Crippen molar-refractivity contribution >= 4 is 19.6 Å². The number of nitrogens with one attached hydrogen (secondary N) is 1. The molecule has 7 nitrogen and oxygen atoms in total. The van der Waals surface area contributed by atoms with Crippen LogP contribution in [0.3, 0.4) is 0 Å². The van der Waals surface area contributed by atoms with E-state index in [2.05, 4.69) is 30.1 Å². The molecular weight excluding hydrogens is 355 g/mol. The normalized spacial score (nSPS) is 13.5. The van der Waals surface area contributed by atoms with Crippen LogP contribution in [0.25, 0.3) is 11.1 Å². The van der Waals surface area contributed by atoms with Gasteiger partial charge in [0.15, 0.2) is 6.73 Å². The average Bonchev–Trinajstić information content (AvgIpc) is 3.15. The third kappa shape index (κ3) is 4.10. The summed E-state index contributed by atoms with van der Waals surface area (Å²) in [7, 11) is -1.21. The highest BCUT2D eigenvalue weighted by Gasteiger charge is 2.26. The van der Waals surface area contributed by atoms with Crippen molar-refractivity contribution in [3.8, 4) is 11.1 Å². The molecule has 0 saturated heterocycles. The Bertz CT molecular complexity index is 832. The van der Waals surface area contributed by atoms with Crippen molar-refractivity contribution < 1.29 is 14.1 Å². The third-order valence-electron chi connectivity index (χ3n) is 4.33. The predicted octanol–water partition coefficient (Wildman–Crippen LogP) is 3.88. The number of ether oxygens (including phenoxy) is 1. The zero-order valence-corrected chi connectivity index (χ0v) is 16.2. The minimum absolute atomic E-state index is 0.111. The fourth-order valence-corrected chi connectivity index (χ4v) is 3.62. The Morgan fingerprint density at radius 2 is 2.15 bits per heavy atom. The molecule has 0 spiro atoms. The minimum Gasteiger partial charge on any atom is -0.384 e. The number of aromatic nitrogens is 2. The summed E-state index contributed by atoms with van der Waals surface area (Å²) in [4.78, 5) is 10.8. The Balaban J connectivity index is 1.83. The lowest BCUT2D eigenvalue weighted by atomic mass is 10.0. The molecule has 1 aromatic heterocycles. The highest BCUT2D eigenvalue weighted by molar-refractivity contribution is 6.76. The lowest BCUT2D eigenvalue weighted by molar-refractivity contribution is -0.389. The summed E-state index contributed by atoms with van der Waals surface area (Å²) >= 11 is 0. The van der Waals surface area contributed by atoms with Gasteiger partial charge < -0.3 is 20.2 Å². The van der Waals surface area contributed by atoms with Gasteiger partial charge in [-0.25, -0.2) is 4.39 Å². The molecule has 0 bridgehead atoms. The quantitative estimate of drug-likeness (QED) is 0.342. The Hall–Kier alpha value is -2.26. The molecule has 0 amide bonds. The van der Waals surface area contributed by atoms with E-state index in [1.165, 1.54) is 16.9 Å². The molecule has 9 heteroatoms. The molecule has 1 aliphatic heterocycles. The van der Waals surface area contributed by atoms with Crippen molar-refractivity contribution in [2.45, 2.75) is 38.8 Å². The van der Waals surface area contributed by atoms with Gasteiger partial charge in [-0.2, -0.15) is 4.68 Å². The average molecular weight is 378 g/mol. The van der Waals surface area contributed by atoms with Gasteiger partial charge in [0, 0.05) is 32.5 Å². The van der Waals surface area contributed by atoms with E-state index in [1.54, 1.807) is 6.07 Å². The molecule has 1 aromatic carbocycles. The molecule has 0 fully saturated rings. The van der Waals surface area contributed by atoms with Crippen molar-refractivity contribution in [2.24, 2.45) is 0 Å². The maximum Gasteiger partial charge on any atom is 0.398 e. The van der Waals surface area contributed by atoms with Gasteiger partial charge in [0.1, 0.15) is 11.4 Å². The van der Waals surface area contributed by atoms with Crippen molar-refractivity contribution in [1.82, 2.24) is 9.78 Å². The van der Waals surface area contributed by atoms with Crippen LogP contribution in [0.15, 0.2) is 18.3 Å². The molecule has 2 heterocycles. The van der Waals surface area contributed by atoms with Crippen molar-refractivity contribution in [1.29, 1.82) is 0 Å². The van der Waals surface area contributed by atoms with Crippen LogP contribution in [-0.4, -0.2) is 35.9 Å². The van der Waals surface area contributed by atoms with Crippen molar-refractivity contribution in [3.05, 3.63) is 39.8 Å². The van der Waals surface area contributed by atoms with Crippen LogP contribution >= 0.6 is 0 Å². The van der Waals surface area contributed by atoms with Gasteiger partial charge in [-0.1, -0.05) is 19.6 Å². The van der Waals surface area contributed by atoms with Gasteiger partial charge in [-0.3, -0.25) is 0 Å². The van der Waals surface area contributed by atoms with Crippen LogP contribution in [0.5, 0.6) is 0 Å². The predicted molar refractivity (Wildman–Crippen MR) is 101 cm³/mol. The molecule has 3 rings (SSSR count). The summed E-state index contributed by atoms with van der Waals surface area (Å²) < 4.78 is 21.5. The van der Waals surface area contributed by atoms with Crippen LogP contribution in [-0.2, 0) is 17.9 Å². The van der Waals surface area contributed by atoms with E-state index in [0.717, 1.165) is 30.3 Å². The SMILES string of the molecule is C[Si](C)(C)CCOCn1cc(-c2cc3c(cc2F)NCC3)c([N+](=O)[O-])n1. The topological polar surface area (TPSA) is 82.2 Å². The lowest BCUT2D eigenvalue weighted by Gasteiger charge is -2.14. The number of anilines is 1. The molecular formula is C17H23FN4O3Si. The van der Waals surface area contributed by atoms with E-state index < -0.39 is 18.8 Å². The molecule has 1 N–H and O–H groups in total. The molecule has 0 unspecified atom stereocenters. The standard InChI is InChI=1S/C17H23FN4O3Si/c1-26(2,3)7-6-25-11-21-10-14(17(20-21)22(23)24)13-8-12-4-5-19-16(12)9-15(13)18/h8-10,19H,4-7,11H2,1-3H3. The van der Waals surface area contributed by atoms with Crippen LogP contribution in [0, 0.1) is 15.9 Å². The summed E-state index contributed by atoms with van der Waals surface area (Å²) in [6.45, 7) is 8.18. The van der Waals surface area contributed by atoms with Crippen LogP contribution in [0.1, 0.15) is 5.56 Å². The molecule has 0 radical (unpaired) electrons. The summed E-state index contributed by atoms with van der Waals surface area (Å²) in [5.41, 5.74) is 2.08. The Kier molecular flexibility index (Phi) is 5.10. The van der Waals surface area contributed by atoms with E-state index in [9.17, 15) is 14.5 Å². The lowest BCUT2D eigenvalue weighted by Crippen LogP contribution is -2.22. The smallest absolute Gasteiger partial charge is 0.384 e. The third-order valence-corrected chi connectivity index (χ3v) is 6.03. The summed E-state index contributed by atoms with van der Waals surface area (Å²) in [6, 6.07) is 4.06. The first-order valence-corrected chi connectivity index (χ1v) is 12.3. The van der Waals surface area contributed by atoms with Crippen LogP contribution in [0.4, 0.5) is 15.9 Å². The highest BCUT2D eigenvalue weighted by atomic mass is 28.3. The number of rotatable bonds is 7. The number of fused-ring (bicyclic) bond motifs is 1. The molecule has 0 atom stereocenters.